The number of anilines is 2. The Kier molecular flexibility index (Phi) is 1.83. The van der Waals surface area contributed by atoms with Crippen LogP contribution in [0.25, 0.3) is 0 Å². The molecule has 1 aliphatic heterocycles. The summed E-state index contributed by atoms with van der Waals surface area (Å²) in [6.45, 7) is 0. The molecule has 0 radical (unpaired) electrons. The summed E-state index contributed by atoms with van der Waals surface area (Å²) < 4.78 is 51.4. The summed E-state index contributed by atoms with van der Waals surface area (Å²) in [6.07, 6.45) is 2.48. The molecule has 1 aromatic rings. The van der Waals surface area contributed by atoms with Gasteiger partial charge in [-0.2, -0.15) is 0 Å². The molecular formula is C8H4F4N2. The lowest BCUT2D eigenvalue weighted by Gasteiger charge is -2.16. The summed E-state index contributed by atoms with van der Waals surface area (Å²) >= 11 is 0. The summed E-state index contributed by atoms with van der Waals surface area (Å²) in [6, 6.07) is 0. The lowest BCUT2D eigenvalue weighted by atomic mass is 10.2. The van der Waals surface area contributed by atoms with Gasteiger partial charge in [-0.15, -0.1) is 0 Å². The van der Waals surface area contributed by atoms with Crippen molar-refractivity contribution in [2.45, 2.75) is 0 Å². The zero-order chi connectivity index (χ0) is 10.3. The molecule has 0 amide bonds. The number of rotatable bonds is 0. The molecule has 0 spiro atoms. The Morgan fingerprint density at radius 1 is 0.643 bits per heavy atom. The number of halogens is 4. The SMILES string of the molecule is Fc1c(F)c(F)c2c(c1F)NC=CN2. The first-order valence-corrected chi connectivity index (χ1v) is 3.67. The number of hydrogen-bond donors (Lipinski definition) is 2. The van der Waals surface area contributed by atoms with E-state index in [0.717, 1.165) is 0 Å². The molecule has 1 aliphatic rings. The van der Waals surface area contributed by atoms with Crippen LogP contribution in [0.3, 0.4) is 0 Å². The number of fused-ring (bicyclic) bond motifs is 1. The second kappa shape index (κ2) is 2.90. The van der Waals surface area contributed by atoms with Crippen LogP contribution in [0.1, 0.15) is 0 Å². The standard InChI is InChI=1S/C8H4F4N2/c9-3-4(10)6(12)8-7(5(3)11)13-1-2-14-8/h1-2,13-14H. The van der Waals surface area contributed by atoms with Gasteiger partial charge in [-0.3, -0.25) is 0 Å². The van der Waals surface area contributed by atoms with Gasteiger partial charge in [-0.1, -0.05) is 0 Å². The maximum atomic E-state index is 13.0. The van der Waals surface area contributed by atoms with E-state index in [9.17, 15) is 17.6 Å². The Labute approximate surface area is 76.2 Å². The van der Waals surface area contributed by atoms with E-state index in [1.54, 1.807) is 0 Å². The van der Waals surface area contributed by atoms with Crippen molar-refractivity contribution in [1.29, 1.82) is 0 Å². The van der Waals surface area contributed by atoms with Gasteiger partial charge in [-0.25, -0.2) is 17.6 Å². The summed E-state index contributed by atoms with van der Waals surface area (Å²) in [4.78, 5) is 0. The highest BCUT2D eigenvalue weighted by Gasteiger charge is 2.25. The molecule has 0 fully saturated rings. The fourth-order valence-electron chi connectivity index (χ4n) is 1.15. The largest absolute Gasteiger partial charge is 0.356 e. The van der Waals surface area contributed by atoms with Crippen LogP contribution < -0.4 is 10.6 Å². The lowest BCUT2D eigenvalue weighted by molar-refractivity contribution is 0.413. The van der Waals surface area contributed by atoms with E-state index < -0.39 is 34.6 Å². The van der Waals surface area contributed by atoms with Crippen molar-refractivity contribution in [3.63, 3.8) is 0 Å². The van der Waals surface area contributed by atoms with Gasteiger partial charge in [0.15, 0.2) is 23.3 Å². The normalized spacial score (nSPS) is 13.1. The molecule has 0 saturated carbocycles. The van der Waals surface area contributed by atoms with Crippen molar-refractivity contribution >= 4 is 11.4 Å². The number of nitrogens with one attached hydrogen (secondary N) is 2. The van der Waals surface area contributed by atoms with Crippen molar-refractivity contribution in [3.05, 3.63) is 35.7 Å². The summed E-state index contributed by atoms with van der Waals surface area (Å²) in [7, 11) is 0. The Hall–Kier alpha value is -1.72. The van der Waals surface area contributed by atoms with Gasteiger partial charge in [-0.05, 0) is 0 Å². The molecular weight excluding hydrogens is 200 g/mol. The molecule has 74 valence electrons. The molecule has 0 aromatic heterocycles. The molecule has 14 heavy (non-hydrogen) atoms. The molecule has 0 bridgehead atoms. The minimum Gasteiger partial charge on any atom is -0.356 e. The van der Waals surface area contributed by atoms with Crippen molar-refractivity contribution in [2.24, 2.45) is 0 Å². The van der Waals surface area contributed by atoms with E-state index in [-0.39, 0.29) is 0 Å². The molecule has 0 aliphatic carbocycles. The molecule has 1 heterocycles. The van der Waals surface area contributed by atoms with Crippen molar-refractivity contribution in [3.8, 4) is 0 Å². The lowest BCUT2D eigenvalue weighted by Crippen LogP contribution is -2.10. The molecule has 0 unspecified atom stereocenters. The minimum atomic E-state index is -1.83. The summed E-state index contributed by atoms with van der Waals surface area (Å²) in [5.41, 5.74) is -0.882. The molecule has 2 N–H and O–H groups in total. The Morgan fingerprint density at radius 2 is 1.00 bits per heavy atom. The predicted molar refractivity (Wildman–Crippen MR) is 42.7 cm³/mol. The highest BCUT2D eigenvalue weighted by atomic mass is 19.2. The second-order valence-corrected chi connectivity index (χ2v) is 2.63. The van der Waals surface area contributed by atoms with Gasteiger partial charge >= 0.3 is 0 Å². The van der Waals surface area contributed by atoms with Crippen LogP contribution >= 0.6 is 0 Å². The minimum absolute atomic E-state index is 0.441. The third-order valence-electron chi connectivity index (χ3n) is 1.81. The molecule has 1 aromatic carbocycles. The average Bonchev–Trinajstić information content (AvgIpc) is 2.23. The van der Waals surface area contributed by atoms with Crippen LogP contribution in [0.2, 0.25) is 0 Å². The summed E-state index contributed by atoms with van der Waals surface area (Å²) in [5, 5.41) is 4.55. The van der Waals surface area contributed by atoms with Crippen LogP contribution in [-0.4, -0.2) is 0 Å². The first kappa shape index (κ1) is 8.86. The Morgan fingerprint density at radius 3 is 1.36 bits per heavy atom. The molecule has 2 rings (SSSR count). The van der Waals surface area contributed by atoms with Crippen LogP contribution in [0.4, 0.5) is 28.9 Å². The van der Waals surface area contributed by atoms with Crippen molar-refractivity contribution in [1.82, 2.24) is 0 Å². The van der Waals surface area contributed by atoms with E-state index in [1.807, 2.05) is 0 Å². The van der Waals surface area contributed by atoms with E-state index in [1.165, 1.54) is 12.4 Å². The summed E-state index contributed by atoms with van der Waals surface area (Å²) in [5.74, 6) is -6.55. The zero-order valence-electron chi connectivity index (χ0n) is 6.67. The monoisotopic (exact) mass is 204 g/mol. The van der Waals surface area contributed by atoms with Crippen LogP contribution in [-0.2, 0) is 0 Å². The third kappa shape index (κ3) is 1.03. The maximum absolute atomic E-state index is 13.0. The van der Waals surface area contributed by atoms with Gasteiger partial charge in [0.25, 0.3) is 0 Å². The van der Waals surface area contributed by atoms with Gasteiger partial charge in [0.05, 0.1) is 0 Å². The third-order valence-corrected chi connectivity index (χ3v) is 1.81. The molecule has 2 nitrogen and oxygen atoms in total. The fraction of sp³-hybridized carbons (Fsp3) is 0. The van der Waals surface area contributed by atoms with E-state index in [4.69, 9.17) is 0 Å². The predicted octanol–water partition coefficient (Wildman–Crippen LogP) is 2.55. The van der Waals surface area contributed by atoms with Crippen molar-refractivity contribution in [2.75, 3.05) is 10.6 Å². The van der Waals surface area contributed by atoms with Crippen LogP contribution in [0.5, 0.6) is 0 Å². The van der Waals surface area contributed by atoms with Gasteiger partial charge in [0.1, 0.15) is 11.4 Å². The van der Waals surface area contributed by atoms with E-state index >= 15 is 0 Å². The molecule has 0 atom stereocenters. The maximum Gasteiger partial charge on any atom is 0.199 e. The quantitative estimate of drug-likeness (QED) is 0.385. The second-order valence-electron chi connectivity index (χ2n) is 2.63. The smallest absolute Gasteiger partial charge is 0.199 e. The van der Waals surface area contributed by atoms with Crippen LogP contribution in [0, 0.1) is 23.3 Å². The first-order chi connectivity index (χ1) is 6.63. The van der Waals surface area contributed by atoms with Gasteiger partial charge in [0, 0.05) is 12.4 Å². The first-order valence-electron chi connectivity index (χ1n) is 3.67. The molecule has 0 saturated heterocycles. The van der Waals surface area contributed by atoms with Gasteiger partial charge in [0.2, 0.25) is 0 Å². The van der Waals surface area contributed by atoms with Gasteiger partial charge < -0.3 is 10.6 Å². The topological polar surface area (TPSA) is 24.1 Å². The van der Waals surface area contributed by atoms with E-state index in [2.05, 4.69) is 10.6 Å². The van der Waals surface area contributed by atoms with Crippen molar-refractivity contribution < 1.29 is 17.6 Å². The van der Waals surface area contributed by atoms with E-state index in [0.29, 0.717) is 0 Å². The average molecular weight is 204 g/mol. The highest BCUT2D eigenvalue weighted by molar-refractivity contribution is 5.74. The molecule has 6 heteroatoms. The highest BCUT2D eigenvalue weighted by Crippen LogP contribution is 2.34. The van der Waals surface area contributed by atoms with Crippen LogP contribution in [0.15, 0.2) is 12.4 Å². The zero-order valence-corrected chi connectivity index (χ0v) is 6.67. The fourth-order valence-corrected chi connectivity index (χ4v) is 1.15. The Balaban J connectivity index is 2.74. The Bertz CT molecular complexity index is 389. The number of hydrogen-bond acceptors (Lipinski definition) is 2. The number of benzene rings is 1.